The Morgan fingerprint density at radius 3 is 1.13 bits per heavy atom. The molecule has 75 heavy (non-hydrogen) atoms. The van der Waals surface area contributed by atoms with Crippen molar-refractivity contribution in [2.45, 2.75) is 340 Å². The Morgan fingerprint density at radius 2 is 0.760 bits per heavy atom. The summed E-state index contributed by atoms with van der Waals surface area (Å²) in [6, 6.07) is 0. The molecule has 12 nitrogen and oxygen atoms in total. The van der Waals surface area contributed by atoms with Crippen molar-refractivity contribution in [1.82, 2.24) is 0 Å². The molecule has 438 valence electrons. The Labute approximate surface area is 458 Å². The zero-order valence-electron chi connectivity index (χ0n) is 48.3. The second-order valence-corrected chi connectivity index (χ2v) is 21.7. The van der Waals surface area contributed by atoms with E-state index in [9.17, 15) is 34.5 Å². The number of rotatable bonds is 54. The van der Waals surface area contributed by atoms with Crippen molar-refractivity contribution in [2.24, 2.45) is 0 Å². The predicted octanol–water partition coefficient (Wildman–Crippen LogP) is 16.2. The first-order valence-electron chi connectivity index (χ1n) is 31.3. The molecule has 1 heterocycles. The number of allylic oxidation sites excluding steroid dienone is 4. The Hall–Kier alpha value is -2.80. The van der Waals surface area contributed by atoms with Crippen LogP contribution in [0.1, 0.15) is 303 Å². The SMILES string of the molecule is CCCCCCCC/C=C\CCCCCCCCCC(=O)OCC(COC1OC(C(=O)O)C(O)C(O)C1OC(=O)CCCCCCCCCCCCC)OC(=O)CCCCCCCCC/C=C\CCCCCCCC. The van der Waals surface area contributed by atoms with E-state index >= 15 is 0 Å². The van der Waals surface area contributed by atoms with Gasteiger partial charge in [0.2, 0.25) is 0 Å². The monoisotopic (exact) mass is 1060 g/mol. The van der Waals surface area contributed by atoms with Crippen molar-refractivity contribution in [2.75, 3.05) is 13.2 Å². The summed E-state index contributed by atoms with van der Waals surface area (Å²) in [6.45, 7) is 6.00. The highest BCUT2D eigenvalue weighted by Crippen LogP contribution is 2.27. The quantitative estimate of drug-likeness (QED) is 0.0228. The van der Waals surface area contributed by atoms with Gasteiger partial charge in [-0.05, 0) is 70.6 Å². The van der Waals surface area contributed by atoms with Crippen molar-refractivity contribution < 1.29 is 58.2 Å². The number of esters is 3. The van der Waals surface area contributed by atoms with E-state index in [4.69, 9.17) is 23.7 Å². The van der Waals surface area contributed by atoms with Crippen LogP contribution in [-0.2, 0) is 42.9 Å². The smallest absolute Gasteiger partial charge is 0.335 e. The first-order valence-corrected chi connectivity index (χ1v) is 31.3. The minimum Gasteiger partial charge on any atom is -0.479 e. The molecule has 1 fully saturated rings. The molecule has 0 aromatic rings. The fourth-order valence-corrected chi connectivity index (χ4v) is 9.65. The Kier molecular flexibility index (Phi) is 48.6. The molecule has 6 atom stereocenters. The number of carbonyl (C=O) groups excluding carboxylic acids is 3. The fourth-order valence-electron chi connectivity index (χ4n) is 9.65. The summed E-state index contributed by atoms with van der Waals surface area (Å²) in [5.41, 5.74) is 0. The maximum absolute atomic E-state index is 13.2. The first kappa shape index (κ1) is 70.2. The number of unbranched alkanes of at least 4 members (excludes halogenated alkanes) is 36. The summed E-state index contributed by atoms with van der Waals surface area (Å²) in [5, 5.41) is 31.5. The molecule has 0 saturated carbocycles. The lowest BCUT2D eigenvalue weighted by Gasteiger charge is -2.40. The number of carboxylic acid groups (broad SMARTS) is 1. The molecular weight excluding hydrogens is 949 g/mol. The summed E-state index contributed by atoms with van der Waals surface area (Å²) < 4.78 is 28.5. The Bertz CT molecular complexity index is 1400. The van der Waals surface area contributed by atoms with Crippen LogP contribution >= 0.6 is 0 Å². The highest BCUT2D eigenvalue weighted by molar-refractivity contribution is 5.74. The molecule has 1 rings (SSSR count). The summed E-state index contributed by atoms with van der Waals surface area (Å²) >= 11 is 0. The fraction of sp³-hybridized carbons (Fsp3) is 0.873. The van der Waals surface area contributed by atoms with Gasteiger partial charge in [-0.3, -0.25) is 14.4 Å². The Morgan fingerprint density at radius 1 is 0.427 bits per heavy atom. The molecular formula is C63H114O12. The highest BCUT2D eigenvalue weighted by Gasteiger charge is 2.50. The van der Waals surface area contributed by atoms with Gasteiger partial charge in [-0.1, -0.05) is 238 Å². The number of aliphatic hydroxyl groups is 2. The molecule has 0 bridgehead atoms. The topological polar surface area (TPSA) is 175 Å². The van der Waals surface area contributed by atoms with E-state index in [1.807, 2.05) is 0 Å². The number of hydrogen-bond donors (Lipinski definition) is 3. The minimum atomic E-state index is -1.90. The molecule has 3 N–H and O–H groups in total. The average molecular weight is 1060 g/mol. The Balaban J connectivity index is 2.66. The zero-order chi connectivity index (χ0) is 54.7. The van der Waals surface area contributed by atoms with E-state index in [0.717, 1.165) is 83.5 Å². The third-order valence-corrected chi connectivity index (χ3v) is 14.5. The second kappa shape index (κ2) is 51.9. The molecule has 12 heteroatoms. The lowest BCUT2D eigenvalue weighted by atomic mass is 9.98. The number of carbonyl (C=O) groups is 4. The number of aliphatic hydroxyl groups excluding tert-OH is 2. The van der Waals surface area contributed by atoms with Gasteiger partial charge in [0.05, 0.1) is 6.61 Å². The maximum atomic E-state index is 13.2. The van der Waals surface area contributed by atoms with Crippen molar-refractivity contribution in [3.8, 4) is 0 Å². The van der Waals surface area contributed by atoms with Gasteiger partial charge in [0, 0.05) is 19.3 Å². The molecule has 0 amide bonds. The minimum absolute atomic E-state index is 0.0653. The van der Waals surface area contributed by atoms with Crippen molar-refractivity contribution in [1.29, 1.82) is 0 Å². The standard InChI is InChI=1S/C63H114O12/c1-4-7-10-13-16-19-22-24-26-28-30-32-35-37-40-43-46-49-55(64)71-52-54(73-56(65)50-47-44-41-39-36-33-31-29-27-25-23-20-17-14-11-8-5-2)53-72-63-61(59(68)58(67)60(75-63)62(69)70)74-57(66)51-48-45-42-38-34-21-18-15-12-9-6-3/h24-27,54,58-61,63,67-68H,4-23,28-53H2,1-3H3,(H,69,70)/b26-24-,27-25-. The average Bonchev–Trinajstić information content (AvgIpc) is 3.39. The van der Waals surface area contributed by atoms with Crippen LogP contribution < -0.4 is 0 Å². The number of carboxylic acids is 1. The summed E-state index contributed by atoms with van der Waals surface area (Å²) in [6.07, 6.45) is 47.2. The molecule has 0 aromatic heterocycles. The van der Waals surface area contributed by atoms with Crippen LogP contribution in [0.3, 0.4) is 0 Å². The molecule has 1 aliphatic rings. The van der Waals surface area contributed by atoms with Gasteiger partial charge in [-0.15, -0.1) is 0 Å². The van der Waals surface area contributed by atoms with Crippen molar-refractivity contribution >= 4 is 23.9 Å². The first-order chi connectivity index (χ1) is 36.6. The van der Waals surface area contributed by atoms with Gasteiger partial charge in [0.25, 0.3) is 0 Å². The van der Waals surface area contributed by atoms with E-state index in [0.29, 0.717) is 19.3 Å². The summed E-state index contributed by atoms with van der Waals surface area (Å²) in [7, 11) is 0. The number of ether oxygens (including phenoxy) is 5. The number of hydrogen-bond acceptors (Lipinski definition) is 11. The van der Waals surface area contributed by atoms with Crippen LogP contribution in [0, 0.1) is 0 Å². The molecule has 6 unspecified atom stereocenters. The third-order valence-electron chi connectivity index (χ3n) is 14.5. The van der Waals surface area contributed by atoms with Gasteiger partial charge in [0.1, 0.15) is 18.8 Å². The van der Waals surface area contributed by atoms with Crippen molar-refractivity contribution in [3.63, 3.8) is 0 Å². The van der Waals surface area contributed by atoms with Gasteiger partial charge in [-0.2, -0.15) is 0 Å². The van der Waals surface area contributed by atoms with E-state index in [2.05, 4.69) is 45.1 Å². The molecule has 0 aromatic carbocycles. The van der Waals surface area contributed by atoms with Crippen molar-refractivity contribution in [3.05, 3.63) is 24.3 Å². The van der Waals surface area contributed by atoms with Crippen LogP contribution in [0.2, 0.25) is 0 Å². The summed E-state index contributed by atoms with van der Waals surface area (Å²) in [5.74, 6) is -3.10. The normalized spacial score (nSPS) is 18.2. The lowest BCUT2D eigenvalue weighted by Crippen LogP contribution is -2.61. The molecule has 0 aliphatic carbocycles. The lowest BCUT2D eigenvalue weighted by molar-refractivity contribution is -0.301. The van der Waals surface area contributed by atoms with E-state index in [1.165, 1.54) is 161 Å². The summed E-state index contributed by atoms with van der Waals surface area (Å²) in [4.78, 5) is 51.2. The van der Waals surface area contributed by atoms with Gasteiger partial charge >= 0.3 is 23.9 Å². The second-order valence-electron chi connectivity index (χ2n) is 21.7. The number of aliphatic carboxylic acids is 1. The third kappa shape index (κ3) is 41.9. The van der Waals surface area contributed by atoms with Gasteiger partial charge < -0.3 is 39.0 Å². The van der Waals surface area contributed by atoms with E-state index in [1.54, 1.807) is 0 Å². The highest BCUT2D eigenvalue weighted by atomic mass is 16.7. The predicted molar refractivity (Wildman–Crippen MR) is 303 cm³/mol. The van der Waals surface area contributed by atoms with Gasteiger partial charge in [0.15, 0.2) is 24.6 Å². The van der Waals surface area contributed by atoms with Crippen LogP contribution in [0.25, 0.3) is 0 Å². The molecule has 1 aliphatic heterocycles. The molecule has 0 radical (unpaired) electrons. The zero-order valence-corrected chi connectivity index (χ0v) is 48.3. The molecule has 1 saturated heterocycles. The van der Waals surface area contributed by atoms with Gasteiger partial charge in [-0.25, -0.2) is 4.79 Å². The van der Waals surface area contributed by atoms with Crippen LogP contribution in [0.5, 0.6) is 0 Å². The van der Waals surface area contributed by atoms with Crippen LogP contribution in [0.4, 0.5) is 0 Å². The largest absolute Gasteiger partial charge is 0.479 e. The van der Waals surface area contributed by atoms with E-state index in [-0.39, 0.29) is 25.9 Å². The maximum Gasteiger partial charge on any atom is 0.335 e. The van der Waals surface area contributed by atoms with Crippen LogP contribution in [-0.4, -0.2) is 89.2 Å². The molecule has 0 spiro atoms. The van der Waals surface area contributed by atoms with E-state index < -0.39 is 67.3 Å². The van der Waals surface area contributed by atoms with Crippen LogP contribution in [0.15, 0.2) is 24.3 Å².